The summed E-state index contributed by atoms with van der Waals surface area (Å²) in [6, 6.07) is 3.38. The summed E-state index contributed by atoms with van der Waals surface area (Å²) in [4.78, 5) is 4.04. The zero-order valence-corrected chi connectivity index (χ0v) is 12.4. The van der Waals surface area contributed by atoms with Crippen molar-refractivity contribution in [1.29, 1.82) is 0 Å². The second-order valence-electron chi connectivity index (χ2n) is 4.88. The van der Waals surface area contributed by atoms with Crippen molar-refractivity contribution < 1.29 is 13.5 Å². The highest BCUT2D eigenvalue weighted by Crippen LogP contribution is 2.30. The van der Waals surface area contributed by atoms with E-state index in [0.717, 1.165) is 12.8 Å². The van der Waals surface area contributed by atoms with Crippen LogP contribution in [0.15, 0.2) is 23.4 Å². The molecular formula is C13H21N3O3S. The van der Waals surface area contributed by atoms with Crippen LogP contribution in [0.25, 0.3) is 0 Å². The molecule has 1 aliphatic rings. The highest BCUT2D eigenvalue weighted by Gasteiger charge is 2.36. The molecule has 0 amide bonds. The van der Waals surface area contributed by atoms with E-state index < -0.39 is 10.0 Å². The predicted octanol–water partition coefficient (Wildman–Crippen LogP) is 1.05. The molecule has 1 aromatic rings. The smallest absolute Gasteiger partial charge is 0.262 e. The van der Waals surface area contributed by atoms with Gasteiger partial charge in [0.15, 0.2) is 5.03 Å². The first-order chi connectivity index (χ1) is 9.61. The maximum Gasteiger partial charge on any atom is 0.262 e. The van der Waals surface area contributed by atoms with Gasteiger partial charge in [0.05, 0.1) is 5.69 Å². The largest absolute Gasteiger partial charge is 0.396 e. The van der Waals surface area contributed by atoms with Crippen molar-refractivity contribution in [2.24, 2.45) is 0 Å². The van der Waals surface area contributed by atoms with Gasteiger partial charge in [-0.25, -0.2) is 13.4 Å². The van der Waals surface area contributed by atoms with Crippen molar-refractivity contribution in [2.45, 2.75) is 36.8 Å². The van der Waals surface area contributed by atoms with Gasteiger partial charge in [-0.15, -0.1) is 0 Å². The SMILES string of the molecule is CNc1cccnc1S(=O)(=O)N1CCCC1CCCO. The van der Waals surface area contributed by atoms with Crippen LogP contribution in [-0.2, 0) is 10.0 Å². The summed E-state index contributed by atoms with van der Waals surface area (Å²) in [7, 11) is -1.90. The fourth-order valence-electron chi connectivity index (χ4n) is 2.64. The normalized spacial score (nSPS) is 20.2. The van der Waals surface area contributed by atoms with Crippen molar-refractivity contribution in [3.63, 3.8) is 0 Å². The number of nitrogens with zero attached hydrogens (tertiary/aromatic N) is 2. The molecule has 7 heteroatoms. The number of hydrogen-bond acceptors (Lipinski definition) is 5. The Morgan fingerprint density at radius 1 is 1.55 bits per heavy atom. The summed E-state index contributed by atoms with van der Waals surface area (Å²) in [6.07, 6.45) is 4.51. The first-order valence-corrected chi connectivity index (χ1v) is 8.30. The minimum absolute atomic E-state index is 0.0288. The second kappa shape index (κ2) is 6.51. The number of hydrogen-bond donors (Lipinski definition) is 2. The van der Waals surface area contributed by atoms with Crippen molar-refractivity contribution in [3.8, 4) is 0 Å². The Morgan fingerprint density at radius 3 is 3.05 bits per heavy atom. The molecule has 2 heterocycles. The van der Waals surface area contributed by atoms with E-state index in [-0.39, 0.29) is 17.7 Å². The molecule has 6 nitrogen and oxygen atoms in total. The number of nitrogens with one attached hydrogen (secondary N) is 1. The Kier molecular flexibility index (Phi) is 4.95. The van der Waals surface area contributed by atoms with Crippen molar-refractivity contribution in [1.82, 2.24) is 9.29 Å². The Labute approximate surface area is 119 Å². The van der Waals surface area contributed by atoms with Crippen LogP contribution in [0.4, 0.5) is 5.69 Å². The topological polar surface area (TPSA) is 82.5 Å². The van der Waals surface area contributed by atoms with E-state index in [4.69, 9.17) is 5.11 Å². The van der Waals surface area contributed by atoms with Gasteiger partial charge in [-0.05, 0) is 37.8 Å². The zero-order chi connectivity index (χ0) is 14.6. The minimum atomic E-state index is -3.58. The van der Waals surface area contributed by atoms with Crippen LogP contribution in [0.1, 0.15) is 25.7 Å². The Bertz CT molecular complexity index is 548. The summed E-state index contributed by atoms with van der Waals surface area (Å²) in [5.74, 6) is 0. The maximum absolute atomic E-state index is 12.7. The van der Waals surface area contributed by atoms with Crippen LogP contribution in [0, 0.1) is 0 Å². The molecule has 112 valence electrons. The van der Waals surface area contributed by atoms with Crippen LogP contribution < -0.4 is 5.32 Å². The number of rotatable bonds is 6. The number of anilines is 1. The third-order valence-electron chi connectivity index (χ3n) is 3.61. The lowest BCUT2D eigenvalue weighted by atomic mass is 10.1. The molecule has 0 spiro atoms. The second-order valence-corrected chi connectivity index (χ2v) is 6.69. The van der Waals surface area contributed by atoms with Crippen molar-refractivity contribution >= 4 is 15.7 Å². The molecule has 1 aliphatic heterocycles. The molecule has 1 atom stereocenters. The molecule has 2 rings (SSSR count). The molecule has 2 N–H and O–H groups in total. The van der Waals surface area contributed by atoms with Gasteiger partial charge >= 0.3 is 0 Å². The third-order valence-corrected chi connectivity index (χ3v) is 5.52. The summed E-state index contributed by atoms with van der Waals surface area (Å²) >= 11 is 0. The summed E-state index contributed by atoms with van der Waals surface area (Å²) in [5, 5.41) is 11.9. The first-order valence-electron chi connectivity index (χ1n) is 6.86. The molecular weight excluding hydrogens is 278 g/mol. The van der Waals surface area contributed by atoms with Gasteiger partial charge in [-0.3, -0.25) is 0 Å². The predicted molar refractivity (Wildman–Crippen MR) is 77.0 cm³/mol. The molecule has 0 aliphatic carbocycles. The Balaban J connectivity index is 2.29. The molecule has 1 fully saturated rings. The molecule has 0 saturated carbocycles. The van der Waals surface area contributed by atoms with Crippen LogP contribution in [-0.4, -0.2) is 49.1 Å². The van der Waals surface area contributed by atoms with E-state index in [1.165, 1.54) is 10.5 Å². The van der Waals surface area contributed by atoms with E-state index in [0.29, 0.717) is 25.1 Å². The average Bonchev–Trinajstić information content (AvgIpc) is 2.94. The molecule has 1 aromatic heterocycles. The van der Waals surface area contributed by atoms with Crippen molar-refractivity contribution in [2.75, 3.05) is 25.5 Å². The number of pyridine rings is 1. The average molecular weight is 299 g/mol. The zero-order valence-electron chi connectivity index (χ0n) is 11.6. The van der Waals surface area contributed by atoms with E-state index in [1.807, 2.05) is 0 Å². The van der Waals surface area contributed by atoms with Crippen LogP contribution in [0.5, 0.6) is 0 Å². The molecule has 1 unspecified atom stereocenters. The number of aromatic nitrogens is 1. The first kappa shape index (κ1) is 15.2. The van der Waals surface area contributed by atoms with E-state index in [9.17, 15) is 8.42 Å². The lowest BCUT2D eigenvalue weighted by Crippen LogP contribution is -2.36. The van der Waals surface area contributed by atoms with E-state index >= 15 is 0 Å². The number of aliphatic hydroxyl groups excluding tert-OH is 1. The Hall–Kier alpha value is -1.18. The van der Waals surface area contributed by atoms with Gasteiger partial charge in [-0.1, -0.05) is 0 Å². The van der Waals surface area contributed by atoms with Gasteiger partial charge in [0.25, 0.3) is 10.0 Å². The van der Waals surface area contributed by atoms with Crippen LogP contribution >= 0.6 is 0 Å². The molecule has 1 saturated heterocycles. The summed E-state index contributed by atoms with van der Waals surface area (Å²) < 4.78 is 27.0. The maximum atomic E-state index is 12.7. The molecule has 0 aromatic carbocycles. The van der Waals surface area contributed by atoms with Crippen molar-refractivity contribution in [3.05, 3.63) is 18.3 Å². The molecule has 0 bridgehead atoms. The fraction of sp³-hybridized carbons (Fsp3) is 0.615. The van der Waals surface area contributed by atoms with E-state index in [1.54, 1.807) is 19.2 Å². The summed E-state index contributed by atoms with van der Waals surface area (Å²) in [5.41, 5.74) is 0.514. The molecule has 0 radical (unpaired) electrons. The third kappa shape index (κ3) is 2.94. The fourth-order valence-corrected chi connectivity index (χ4v) is 4.48. The standard InChI is InChI=1S/C13H21N3O3S/c1-14-12-7-2-8-15-13(12)20(18,19)16-9-3-5-11(16)6-4-10-17/h2,7-8,11,14,17H,3-6,9-10H2,1H3. The van der Waals surface area contributed by atoms with Gasteiger partial charge < -0.3 is 10.4 Å². The van der Waals surface area contributed by atoms with Gasteiger partial charge in [0.1, 0.15) is 0 Å². The monoisotopic (exact) mass is 299 g/mol. The quantitative estimate of drug-likeness (QED) is 0.820. The highest BCUT2D eigenvalue weighted by atomic mass is 32.2. The lowest BCUT2D eigenvalue weighted by molar-refractivity contribution is 0.264. The molecule has 20 heavy (non-hydrogen) atoms. The number of sulfonamides is 1. The Morgan fingerprint density at radius 2 is 2.35 bits per heavy atom. The highest BCUT2D eigenvalue weighted by molar-refractivity contribution is 7.89. The van der Waals surface area contributed by atoms with Gasteiger partial charge in [-0.2, -0.15) is 4.31 Å². The minimum Gasteiger partial charge on any atom is -0.396 e. The van der Waals surface area contributed by atoms with Gasteiger partial charge in [0.2, 0.25) is 0 Å². The van der Waals surface area contributed by atoms with E-state index in [2.05, 4.69) is 10.3 Å². The van der Waals surface area contributed by atoms with Crippen LogP contribution in [0.3, 0.4) is 0 Å². The van der Waals surface area contributed by atoms with Gasteiger partial charge in [0, 0.05) is 32.4 Å². The van der Waals surface area contributed by atoms with Crippen LogP contribution in [0.2, 0.25) is 0 Å². The number of aliphatic hydroxyl groups is 1. The summed E-state index contributed by atoms with van der Waals surface area (Å²) in [6.45, 7) is 0.619. The lowest BCUT2D eigenvalue weighted by Gasteiger charge is -2.24.